The Morgan fingerprint density at radius 2 is 2.38 bits per heavy atom. The Balaban J connectivity index is 1.95. The SMILES string of the molecule is CCOC(=O)NC1COc2ccccc2C1. The number of carbonyl (C=O) groups is 1. The predicted octanol–water partition coefficient (Wildman–Crippen LogP) is 1.74. The lowest BCUT2D eigenvalue weighted by Gasteiger charge is -2.25. The maximum atomic E-state index is 11.2. The number of benzene rings is 1. The summed E-state index contributed by atoms with van der Waals surface area (Å²) in [6.07, 6.45) is 0.408. The van der Waals surface area contributed by atoms with Gasteiger partial charge in [0.1, 0.15) is 12.4 Å². The molecule has 0 fully saturated rings. The van der Waals surface area contributed by atoms with Gasteiger partial charge in [0.15, 0.2) is 0 Å². The van der Waals surface area contributed by atoms with Crippen LogP contribution in [0.1, 0.15) is 12.5 Å². The highest BCUT2D eigenvalue weighted by Gasteiger charge is 2.21. The largest absolute Gasteiger partial charge is 0.491 e. The van der Waals surface area contributed by atoms with E-state index in [9.17, 15) is 4.79 Å². The van der Waals surface area contributed by atoms with E-state index in [0.717, 1.165) is 17.7 Å². The van der Waals surface area contributed by atoms with E-state index in [0.29, 0.717) is 13.2 Å². The molecule has 1 heterocycles. The molecule has 0 radical (unpaired) electrons. The molecule has 0 saturated heterocycles. The quantitative estimate of drug-likeness (QED) is 0.827. The molecule has 1 N–H and O–H groups in total. The van der Waals surface area contributed by atoms with Crippen LogP contribution in [-0.4, -0.2) is 25.3 Å². The molecule has 0 bridgehead atoms. The number of rotatable bonds is 2. The summed E-state index contributed by atoms with van der Waals surface area (Å²) in [6.45, 7) is 2.66. The van der Waals surface area contributed by atoms with Crippen LogP contribution in [0.2, 0.25) is 0 Å². The summed E-state index contributed by atoms with van der Waals surface area (Å²) >= 11 is 0. The second-order valence-electron chi connectivity index (χ2n) is 3.68. The molecule has 1 aliphatic rings. The molecule has 1 aromatic carbocycles. The average Bonchev–Trinajstić information content (AvgIpc) is 2.29. The Morgan fingerprint density at radius 3 is 3.19 bits per heavy atom. The van der Waals surface area contributed by atoms with Gasteiger partial charge in [-0.1, -0.05) is 18.2 Å². The van der Waals surface area contributed by atoms with Gasteiger partial charge < -0.3 is 14.8 Å². The van der Waals surface area contributed by atoms with E-state index in [1.165, 1.54) is 0 Å². The van der Waals surface area contributed by atoms with E-state index in [4.69, 9.17) is 9.47 Å². The van der Waals surface area contributed by atoms with Gasteiger partial charge in [-0.3, -0.25) is 0 Å². The molecule has 1 amide bonds. The van der Waals surface area contributed by atoms with Gasteiger partial charge in [-0.15, -0.1) is 0 Å². The van der Waals surface area contributed by atoms with E-state index in [2.05, 4.69) is 5.32 Å². The molecule has 1 unspecified atom stereocenters. The van der Waals surface area contributed by atoms with Crippen molar-refractivity contribution in [2.45, 2.75) is 19.4 Å². The molecule has 86 valence electrons. The summed E-state index contributed by atoms with van der Waals surface area (Å²) in [5.74, 6) is 0.907. The molecule has 4 heteroatoms. The zero-order valence-corrected chi connectivity index (χ0v) is 9.23. The van der Waals surface area contributed by atoms with Gasteiger partial charge in [0.2, 0.25) is 0 Å². The summed E-state index contributed by atoms with van der Waals surface area (Å²) in [6, 6.07) is 7.85. The normalized spacial score (nSPS) is 18.2. The minimum atomic E-state index is -0.379. The van der Waals surface area contributed by atoms with E-state index in [1.54, 1.807) is 6.92 Å². The van der Waals surface area contributed by atoms with Crippen molar-refractivity contribution in [3.63, 3.8) is 0 Å². The zero-order chi connectivity index (χ0) is 11.4. The van der Waals surface area contributed by atoms with Crippen molar-refractivity contribution in [2.24, 2.45) is 0 Å². The highest BCUT2D eigenvalue weighted by molar-refractivity contribution is 5.67. The van der Waals surface area contributed by atoms with E-state index in [1.807, 2.05) is 24.3 Å². The number of hydrogen-bond acceptors (Lipinski definition) is 3. The highest BCUT2D eigenvalue weighted by Crippen LogP contribution is 2.23. The summed E-state index contributed by atoms with van der Waals surface area (Å²) in [4.78, 5) is 11.2. The van der Waals surface area contributed by atoms with Crippen molar-refractivity contribution in [3.05, 3.63) is 29.8 Å². The second kappa shape index (κ2) is 4.88. The summed E-state index contributed by atoms with van der Waals surface area (Å²) in [5.41, 5.74) is 1.12. The molecular weight excluding hydrogens is 206 g/mol. The monoisotopic (exact) mass is 221 g/mol. The Hall–Kier alpha value is -1.71. The lowest BCUT2D eigenvalue weighted by atomic mass is 10.0. The molecule has 1 atom stereocenters. The Morgan fingerprint density at radius 1 is 1.56 bits per heavy atom. The van der Waals surface area contributed by atoms with Crippen LogP contribution in [0.25, 0.3) is 0 Å². The first-order chi connectivity index (χ1) is 7.79. The first-order valence-corrected chi connectivity index (χ1v) is 5.43. The van der Waals surface area contributed by atoms with Crippen LogP contribution in [0.4, 0.5) is 4.79 Å². The number of hydrogen-bond donors (Lipinski definition) is 1. The van der Waals surface area contributed by atoms with Gasteiger partial charge in [0.25, 0.3) is 0 Å². The fourth-order valence-corrected chi connectivity index (χ4v) is 1.76. The number of carbonyl (C=O) groups excluding carboxylic acids is 1. The van der Waals surface area contributed by atoms with Crippen molar-refractivity contribution in [1.82, 2.24) is 5.32 Å². The fraction of sp³-hybridized carbons (Fsp3) is 0.417. The van der Waals surface area contributed by atoms with Crippen molar-refractivity contribution in [2.75, 3.05) is 13.2 Å². The van der Waals surface area contributed by atoms with Gasteiger partial charge in [-0.2, -0.15) is 0 Å². The lowest BCUT2D eigenvalue weighted by Crippen LogP contribution is -2.42. The number of para-hydroxylation sites is 1. The van der Waals surface area contributed by atoms with Crippen LogP contribution in [0.15, 0.2) is 24.3 Å². The minimum Gasteiger partial charge on any atom is -0.491 e. The Bertz CT molecular complexity index is 378. The molecule has 16 heavy (non-hydrogen) atoms. The lowest BCUT2D eigenvalue weighted by molar-refractivity contribution is 0.140. The molecule has 1 aliphatic heterocycles. The average molecular weight is 221 g/mol. The number of alkyl carbamates (subject to hydrolysis) is 1. The maximum Gasteiger partial charge on any atom is 0.407 e. The topological polar surface area (TPSA) is 47.6 Å². The molecular formula is C12H15NO3. The number of amides is 1. The van der Waals surface area contributed by atoms with E-state index >= 15 is 0 Å². The fourth-order valence-electron chi connectivity index (χ4n) is 1.76. The van der Waals surface area contributed by atoms with Crippen molar-refractivity contribution >= 4 is 6.09 Å². The van der Waals surface area contributed by atoms with Gasteiger partial charge in [-0.05, 0) is 25.0 Å². The summed E-state index contributed by atoms with van der Waals surface area (Å²) < 4.78 is 10.4. The third-order valence-electron chi connectivity index (χ3n) is 2.48. The number of fused-ring (bicyclic) bond motifs is 1. The third kappa shape index (κ3) is 2.45. The van der Waals surface area contributed by atoms with Crippen molar-refractivity contribution in [1.29, 1.82) is 0 Å². The molecule has 4 nitrogen and oxygen atoms in total. The van der Waals surface area contributed by atoms with Gasteiger partial charge in [-0.25, -0.2) is 4.79 Å². The van der Waals surface area contributed by atoms with E-state index < -0.39 is 0 Å². The first kappa shape index (κ1) is 10.8. The van der Waals surface area contributed by atoms with Gasteiger partial charge >= 0.3 is 6.09 Å². The summed E-state index contributed by atoms with van der Waals surface area (Å²) in [7, 11) is 0. The van der Waals surface area contributed by atoms with Crippen LogP contribution < -0.4 is 10.1 Å². The third-order valence-corrected chi connectivity index (χ3v) is 2.48. The molecule has 0 aromatic heterocycles. The smallest absolute Gasteiger partial charge is 0.407 e. The molecule has 2 rings (SSSR count). The van der Waals surface area contributed by atoms with Crippen LogP contribution in [0.5, 0.6) is 5.75 Å². The summed E-state index contributed by atoms with van der Waals surface area (Å²) in [5, 5.41) is 2.77. The van der Waals surface area contributed by atoms with Crippen LogP contribution in [0.3, 0.4) is 0 Å². The molecule has 1 aromatic rings. The Labute approximate surface area is 94.6 Å². The standard InChI is InChI=1S/C12H15NO3/c1-2-15-12(14)13-10-7-9-5-3-4-6-11(9)16-8-10/h3-6,10H,2,7-8H2,1H3,(H,13,14). The van der Waals surface area contributed by atoms with E-state index in [-0.39, 0.29) is 12.1 Å². The predicted molar refractivity (Wildman–Crippen MR) is 59.6 cm³/mol. The van der Waals surface area contributed by atoms with Crippen molar-refractivity contribution < 1.29 is 14.3 Å². The number of ether oxygens (including phenoxy) is 2. The first-order valence-electron chi connectivity index (χ1n) is 5.43. The van der Waals surface area contributed by atoms with Crippen molar-refractivity contribution in [3.8, 4) is 5.75 Å². The minimum absolute atomic E-state index is 0.00560. The van der Waals surface area contributed by atoms with Crippen LogP contribution in [-0.2, 0) is 11.2 Å². The Kier molecular flexibility index (Phi) is 3.29. The van der Waals surface area contributed by atoms with Crippen LogP contribution >= 0.6 is 0 Å². The molecule has 0 aliphatic carbocycles. The van der Waals surface area contributed by atoms with Crippen LogP contribution in [0, 0.1) is 0 Å². The van der Waals surface area contributed by atoms with Gasteiger partial charge in [0, 0.05) is 0 Å². The molecule has 0 spiro atoms. The molecule has 0 saturated carbocycles. The maximum absolute atomic E-state index is 11.2. The second-order valence-corrected chi connectivity index (χ2v) is 3.68. The number of nitrogens with one attached hydrogen (secondary N) is 1. The highest BCUT2D eigenvalue weighted by atomic mass is 16.5. The zero-order valence-electron chi connectivity index (χ0n) is 9.23. The van der Waals surface area contributed by atoms with Gasteiger partial charge in [0.05, 0.1) is 12.6 Å².